The summed E-state index contributed by atoms with van der Waals surface area (Å²) in [6.45, 7) is 7.91. The summed E-state index contributed by atoms with van der Waals surface area (Å²) < 4.78 is 44.2. The van der Waals surface area contributed by atoms with E-state index in [1.807, 2.05) is 13.8 Å². The predicted octanol–water partition coefficient (Wildman–Crippen LogP) is 5.85. The Kier molecular flexibility index (Phi) is 8.42. The maximum absolute atomic E-state index is 13.0. The second-order valence-corrected chi connectivity index (χ2v) is 5.78. The fourth-order valence-corrected chi connectivity index (χ4v) is 2.88. The average Bonchev–Trinajstić information content (AvgIpc) is 2.62. The number of benzene rings is 1. The van der Waals surface area contributed by atoms with Crippen molar-refractivity contribution in [2.45, 2.75) is 45.3 Å². The summed E-state index contributed by atoms with van der Waals surface area (Å²) in [4.78, 5) is 4.18. The van der Waals surface area contributed by atoms with E-state index >= 15 is 0 Å². The van der Waals surface area contributed by atoms with Gasteiger partial charge in [0.1, 0.15) is 0 Å². The fraction of sp³-hybridized carbons (Fsp3) is 0.450. The normalized spacial score (nSPS) is 14.5. The van der Waals surface area contributed by atoms with E-state index < -0.39 is 11.7 Å². The minimum Gasteiger partial charge on any atom is -0.481 e. The van der Waals surface area contributed by atoms with E-state index in [0.717, 1.165) is 36.1 Å². The molecule has 0 saturated carbocycles. The van der Waals surface area contributed by atoms with Gasteiger partial charge in [0.15, 0.2) is 0 Å². The molecule has 1 rings (SSSR count). The monoisotopic (exact) mass is 368 g/mol. The molecule has 1 aromatic rings. The zero-order valence-electron chi connectivity index (χ0n) is 15.8. The van der Waals surface area contributed by atoms with Gasteiger partial charge in [-0.1, -0.05) is 32.4 Å². The number of hydrogen-bond acceptors (Lipinski definition) is 3. The van der Waals surface area contributed by atoms with Crippen molar-refractivity contribution in [1.29, 1.82) is 0 Å². The Balaban J connectivity index is 3.31. The lowest BCUT2D eigenvalue weighted by Crippen LogP contribution is -2.23. The number of nitrogens with zero attached hydrogens (tertiary/aromatic N) is 1. The van der Waals surface area contributed by atoms with Gasteiger partial charge >= 0.3 is 6.18 Å². The van der Waals surface area contributed by atoms with Crippen LogP contribution in [0.5, 0.6) is 0 Å². The van der Waals surface area contributed by atoms with Crippen LogP contribution in [0, 0.1) is 0 Å². The SMILES string of the molecule is C=CC(Nc1cccc(C(F)(F)F)c1)/C(CCC)=C(/CC)C(=NC)OC. The number of hydrogen-bond donors (Lipinski definition) is 1. The topological polar surface area (TPSA) is 33.6 Å². The zero-order valence-corrected chi connectivity index (χ0v) is 15.8. The van der Waals surface area contributed by atoms with E-state index in [2.05, 4.69) is 16.9 Å². The number of rotatable bonds is 8. The molecule has 26 heavy (non-hydrogen) atoms. The maximum atomic E-state index is 13.0. The molecule has 0 spiro atoms. The van der Waals surface area contributed by atoms with Crippen LogP contribution in [0.3, 0.4) is 0 Å². The molecule has 1 atom stereocenters. The Hall–Kier alpha value is -2.24. The Morgan fingerprint density at radius 3 is 2.50 bits per heavy atom. The van der Waals surface area contributed by atoms with Gasteiger partial charge in [0.05, 0.1) is 18.7 Å². The second-order valence-electron chi connectivity index (χ2n) is 5.78. The van der Waals surface area contributed by atoms with Crippen LogP contribution < -0.4 is 5.32 Å². The molecule has 0 aromatic heterocycles. The van der Waals surface area contributed by atoms with Crippen molar-refractivity contribution < 1.29 is 17.9 Å². The van der Waals surface area contributed by atoms with Crippen LogP contribution in [0.2, 0.25) is 0 Å². The molecule has 0 aliphatic carbocycles. The zero-order chi connectivity index (χ0) is 19.7. The number of methoxy groups -OCH3 is 1. The van der Waals surface area contributed by atoms with Crippen molar-refractivity contribution in [2.75, 3.05) is 19.5 Å². The molecule has 6 heteroatoms. The van der Waals surface area contributed by atoms with Gasteiger partial charge in [0.2, 0.25) is 5.90 Å². The largest absolute Gasteiger partial charge is 0.481 e. The van der Waals surface area contributed by atoms with Gasteiger partial charge in [-0.25, -0.2) is 0 Å². The minimum atomic E-state index is -4.38. The summed E-state index contributed by atoms with van der Waals surface area (Å²) in [7, 11) is 3.21. The van der Waals surface area contributed by atoms with Crippen LogP contribution in [0.15, 0.2) is 53.1 Å². The number of anilines is 1. The van der Waals surface area contributed by atoms with E-state index in [4.69, 9.17) is 4.74 Å². The fourth-order valence-electron chi connectivity index (χ4n) is 2.88. The van der Waals surface area contributed by atoms with E-state index in [9.17, 15) is 13.2 Å². The predicted molar refractivity (Wildman–Crippen MR) is 102 cm³/mol. The Bertz CT molecular complexity index is 663. The average molecular weight is 368 g/mol. The highest BCUT2D eigenvalue weighted by atomic mass is 19.4. The quantitative estimate of drug-likeness (QED) is 0.355. The molecule has 0 saturated heterocycles. The third kappa shape index (κ3) is 5.64. The van der Waals surface area contributed by atoms with E-state index in [1.54, 1.807) is 26.3 Å². The van der Waals surface area contributed by atoms with Crippen LogP contribution in [0.1, 0.15) is 38.7 Å². The van der Waals surface area contributed by atoms with E-state index in [1.165, 1.54) is 6.07 Å². The highest BCUT2D eigenvalue weighted by Crippen LogP contribution is 2.31. The van der Waals surface area contributed by atoms with Gasteiger partial charge in [-0.15, -0.1) is 6.58 Å². The van der Waals surface area contributed by atoms with Crippen molar-refractivity contribution in [3.63, 3.8) is 0 Å². The lowest BCUT2D eigenvalue weighted by atomic mass is 9.94. The first kappa shape index (κ1) is 21.8. The third-order valence-electron chi connectivity index (χ3n) is 4.04. The first-order valence-electron chi connectivity index (χ1n) is 8.61. The summed E-state index contributed by atoms with van der Waals surface area (Å²) in [5.41, 5.74) is 1.67. The highest BCUT2D eigenvalue weighted by Gasteiger charge is 2.30. The van der Waals surface area contributed by atoms with Crippen molar-refractivity contribution in [3.8, 4) is 0 Å². The standard InChI is InChI=1S/C20H27F3N2O/c1-6-10-17(16(7-2)19(24-4)26-5)18(8-3)25-15-12-9-11-14(13-15)20(21,22)23/h8-9,11-13,18,25H,3,6-7,10H2,1-2,4-5H3/b17-16-,24-19?. The lowest BCUT2D eigenvalue weighted by molar-refractivity contribution is -0.137. The van der Waals surface area contributed by atoms with Crippen molar-refractivity contribution in [3.05, 3.63) is 53.6 Å². The Morgan fingerprint density at radius 2 is 2.04 bits per heavy atom. The third-order valence-corrected chi connectivity index (χ3v) is 4.04. The molecular formula is C20H27F3N2O. The number of aliphatic imine (C=N–C) groups is 1. The number of halogens is 3. The van der Waals surface area contributed by atoms with Crippen LogP contribution in [-0.4, -0.2) is 26.1 Å². The molecule has 1 unspecified atom stereocenters. The van der Waals surface area contributed by atoms with Crippen LogP contribution in [0.25, 0.3) is 0 Å². The second kappa shape index (κ2) is 10.0. The molecule has 0 radical (unpaired) electrons. The first-order valence-corrected chi connectivity index (χ1v) is 8.61. The number of ether oxygens (including phenoxy) is 1. The maximum Gasteiger partial charge on any atom is 0.416 e. The van der Waals surface area contributed by atoms with Gasteiger partial charge in [0.25, 0.3) is 0 Å². The molecule has 144 valence electrons. The summed E-state index contributed by atoms with van der Waals surface area (Å²) in [5.74, 6) is 0.536. The molecule has 0 aliphatic rings. The molecule has 0 amide bonds. The molecule has 0 aliphatic heterocycles. The molecule has 3 nitrogen and oxygen atoms in total. The first-order chi connectivity index (χ1) is 12.3. The minimum absolute atomic E-state index is 0.319. The summed E-state index contributed by atoms with van der Waals surface area (Å²) in [5, 5.41) is 3.16. The van der Waals surface area contributed by atoms with Gasteiger partial charge in [-0.05, 0) is 36.6 Å². The van der Waals surface area contributed by atoms with E-state index in [0.29, 0.717) is 18.0 Å². The Labute approximate surface area is 153 Å². The Morgan fingerprint density at radius 1 is 1.35 bits per heavy atom. The summed E-state index contributed by atoms with van der Waals surface area (Å²) in [6.07, 6.45) is -0.340. The summed E-state index contributed by atoms with van der Waals surface area (Å²) >= 11 is 0. The van der Waals surface area contributed by atoms with E-state index in [-0.39, 0.29) is 6.04 Å². The molecular weight excluding hydrogens is 341 g/mol. The molecule has 0 heterocycles. The van der Waals surface area contributed by atoms with Gasteiger partial charge in [0, 0.05) is 18.3 Å². The summed E-state index contributed by atoms with van der Waals surface area (Å²) in [6, 6.07) is 4.85. The molecule has 1 N–H and O–H groups in total. The highest BCUT2D eigenvalue weighted by molar-refractivity contribution is 5.94. The van der Waals surface area contributed by atoms with Crippen molar-refractivity contribution >= 4 is 11.6 Å². The number of alkyl halides is 3. The van der Waals surface area contributed by atoms with Crippen molar-refractivity contribution in [2.24, 2.45) is 4.99 Å². The van der Waals surface area contributed by atoms with Gasteiger partial charge in [-0.3, -0.25) is 4.99 Å². The molecule has 0 bridgehead atoms. The van der Waals surface area contributed by atoms with Crippen LogP contribution >= 0.6 is 0 Å². The van der Waals surface area contributed by atoms with Gasteiger partial charge in [-0.2, -0.15) is 13.2 Å². The smallest absolute Gasteiger partial charge is 0.416 e. The lowest BCUT2D eigenvalue weighted by Gasteiger charge is -2.24. The van der Waals surface area contributed by atoms with Crippen LogP contribution in [-0.2, 0) is 10.9 Å². The van der Waals surface area contributed by atoms with Crippen molar-refractivity contribution in [1.82, 2.24) is 0 Å². The molecule has 0 fully saturated rings. The van der Waals surface area contributed by atoms with Crippen LogP contribution in [0.4, 0.5) is 18.9 Å². The number of nitrogens with one attached hydrogen (secondary N) is 1. The molecule has 1 aromatic carbocycles. The van der Waals surface area contributed by atoms with Gasteiger partial charge < -0.3 is 10.1 Å².